The lowest BCUT2D eigenvalue weighted by atomic mass is 10.00. The zero-order valence-corrected chi connectivity index (χ0v) is 11.5. The average molecular weight is 283 g/mol. The summed E-state index contributed by atoms with van der Waals surface area (Å²) in [4.78, 5) is 12.1. The first kappa shape index (κ1) is 14.2. The highest BCUT2D eigenvalue weighted by atomic mass is 35.5. The molecular weight excluding hydrogens is 264 g/mol. The van der Waals surface area contributed by atoms with Crippen molar-refractivity contribution in [2.75, 3.05) is 13.2 Å². The van der Waals surface area contributed by atoms with Crippen LogP contribution >= 0.6 is 12.4 Å². The lowest BCUT2D eigenvalue weighted by molar-refractivity contribution is -0.123. The summed E-state index contributed by atoms with van der Waals surface area (Å²) in [6.07, 6.45) is 2.87. The first-order valence-electron chi connectivity index (χ1n) is 6.60. The van der Waals surface area contributed by atoms with Gasteiger partial charge in [0.25, 0.3) is 0 Å². The van der Waals surface area contributed by atoms with E-state index in [2.05, 4.69) is 10.6 Å². The van der Waals surface area contributed by atoms with Gasteiger partial charge in [0, 0.05) is 12.0 Å². The monoisotopic (exact) mass is 282 g/mol. The van der Waals surface area contributed by atoms with Gasteiger partial charge < -0.3 is 15.4 Å². The summed E-state index contributed by atoms with van der Waals surface area (Å²) in [6, 6.07) is 8.01. The molecule has 1 aromatic carbocycles. The molecular formula is C14H19ClN2O2. The molecule has 4 nitrogen and oxygen atoms in total. The predicted octanol–water partition coefficient (Wildman–Crippen LogP) is 1.80. The first-order valence-corrected chi connectivity index (χ1v) is 6.60. The number of hydrogen-bond donors (Lipinski definition) is 2. The second-order valence-corrected chi connectivity index (χ2v) is 4.89. The number of para-hydroxylation sites is 1. The van der Waals surface area contributed by atoms with Gasteiger partial charge in [-0.15, -0.1) is 12.4 Å². The first-order chi connectivity index (χ1) is 8.84. The van der Waals surface area contributed by atoms with E-state index in [1.165, 1.54) is 0 Å². The van der Waals surface area contributed by atoms with Crippen molar-refractivity contribution in [1.82, 2.24) is 10.6 Å². The standard InChI is InChI=1S/C14H18N2O2.ClH/c17-14(12-5-3-8-15-12)16-11-7-9-18-13-6-2-1-4-10(11)13;/h1-2,4,6,11-12,15H,3,5,7-9H2,(H,16,17);1H. The molecule has 3 rings (SSSR count). The van der Waals surface area contributed by atoms with E-state index in [1.807, 2.05) is 24.3 Å². The number of benzene rings is 1. The second-order valence-electron chi connectivity index (χ2n) is 4.89. The van der Waals surface area contributed by atoms with Gasteiger partial charge in [-0.3, -0.25) is 4.79 Å². The minimum absolute atomic E-state index is 0. The Morgan fingerprint density at radius 1 is 1.32 bits per heavy atom. The summed E-state index contributed by atoms with van der Waals surface area (Å²) in [5.41, 5.74) is 1.09. The molecule has 0 saturated carbocycles. The van der Waals surface area contributed by atoms with Crippen molar-refractivity contribution < 1.29 is 9.53 Å². The fourth-order valence-corrected chi connectivity index (χ4v) is 2.67. The van der Waals surface area contributed by atoms with Crippen molar-refractivity contribution in [3.63, 3.8) is 0 Å². The molecule has 2 aliphatic heterocycles. The van der Waals surface area contributed by atoms with Crippen molar-refractivity contribution in [3.8, 4) is 5.75 Å². The van der Waals surface area contributed by atoms with Gasteiger partial charge in [-0.05, 0) is 25.5 Å². The van der Waals surface area contributed by atoms with E-state index in [9.17, 15) is 4.79 Å². The molecule has 1 saturated heterocycles. The Hall–Kier alpha value is -1.26. The Kier molecular flexibility index (Phi) is 4.66. The van der Waals surface area contributed by atoms with Crippen molar-refractivity contribution in [2.24, 2.45) is 0 Å². The third-order valence-electron chi connectivity index (χ3n) is 3.65. The molecule has 104 valence electrons. The fourth-order valence-electron chi connectivity index (χ4n) is 2.67. The number of ether oxygens (including phenoxy) is 1. The highest BCUT2D eigenvalue weighted by Gasteiger charge is 2.27. The predicted molar refractivity (Wildman–Crippen MR) is 75.7 cm³/mol. The number of fused-ring (bicyclic) bond motifs is 1. The number of carbonyl (C=O) groups is 1. The van der Waals surface area contributed by atoms with Gasteiger partial charge in [0.15, 0.2) is 0 Å². The van der Waals surface area contributed by atoms with Gasteiger partial charge >= 0.3 is 0 Å². The molecule has 0 bridgehead atoms. The van der Waals surface area contributed by atoms with E-state index in [-0.39, 0.29) is 30.4 Å². The normalized spacial score (nSPS) is 24.8. The van der Waals surface area contributed by atoms with E-state index < -0.39 is 0 Å². The Balaban J connectivity index is 0.00000133. The van der Waals surface area contributed by atoms with Gasteiger partial charge in [0.1, 0.15) is 5.75 Å². The molecule has 19 heavy (non-hydrogen) atoms. The molecule has 1 aromatic rings. The third-order valence-corrected chi connectivity index (χ3v) is 3.65. The summed E-state index contributed by atoms with van der Waals surface area (Å²) in [7, 11) is 0. The van der Waals surface area contributed by atoms with Crippen LogP contribution in [-0.2, 0) is 4.79 Å². The maximum atomic E-state index is 12.1. The summed E-state index contributed by atoms with van der Waals surface area (Å²) >= 11 is 0. The summed E-state index contributed by atoms with van der Waals surface area (Å²) in [5, 5.41) is 6.36. The Bertz CT molecular complexity index is 447. The van der Waals surface area contributed by atoms with Gasteiger partial charge in [0.2, 0.25) is 5.91 Å². The Labute approximate surface area is 119 Å². The van der Waals surface area contributed by atoms with Crippen LogP contribution in [0.3, 0.4) is 0 Å². The van der Waals surface area contributed by atoms with E-state index >= 15 is 0 Å². The van der Waals surface area contributed by atoms with E-state index in [4.69, 9.17) is 4.74 Å². The van der Waals surface area contributed by atoms with Gasteiger partial charge in [0.05, 0.1) is 18.7 Å². The minimum atomic E-state index is -0.0139. The number of carbonyl (C=O) groups excluding carboxylic acids is 1. The third kappa shape index (κ3) is 3.01. The molecule has 0 spiro atoms. The van der Waals surface area contributed by atoms with Crippen LogP contribution in [-0.4, -0.2) is 25.1 Å². The van der Waals surface area contributed by atoms with Gasteiger partial charge in [-0.1, -0.05) is 18.2 Å². The molecule has 2 atom stereocenters. The van der Waals surface area contributed by atoms with Crippen molar-refractivity contribution in [1.29, 1.82) is 0 Å². The molecule has 0 radical (unpaired) electrons. The summed E-state index contributed by atoms with van der Waals surface area (Å²) in [6.45, 7) is 1.61. The van der Waals surface area contributed by atoms with Crippen molar-refractivity contribution in [2.45, 2.75) is 31.3 Å². The van der Waals surface area contributed by atoms with Crippen LogP contribution in [0, 0.1) is 0 Å². The second kappa shape index (κ2) is 6.26. The van der Waals surface area contributed by atoms with Gasteiger partial charge in [-0.2, -0.15) is 0 Å². The lowest BCUT2D eigenvalue weighted by Crippen LogP contribution is -2.43. The Morgan fingerprint density at radius 2 is 2.16 bits per heavy atom. The highest BCUT2D eigenvalue weighted by Crippen LogP contribution is 2.31. The van der Waals surface area contributed by atoms with Crippen molar-refractivity contribution in [3.05, 3.63) is 29.8 Å². The zero-order valence-electron chi connectivity index (χ0n) is 10.7. The number of amides is 1. The zero-order chi connectivity index (χ0) is 12.4. The Morgan fingerprint density at radius 3 is 2.95 bits per heavy atom. The summed E-state index contributed by atoms with van der Waals surface area (Å²) < 4.78 is 5.59. The van der Waals surface area contributed by atoms with Crippen LogP contribution in [0.1, 0.15) is 30.9 Å². The molecule has 1 fully saturated rings. The van der Waals surface area contributed by atoms with Crippen LogP contribution in [0.25, 0.3) is 0 Å². The largest absolute Gasteiger partial charge is 0.493 e. The fraction of sp³-hybridized carbons (Fsp3) is 0.500. The van der Waals surface area contributed by atoms with E-state index in [0.717, 1.165) is 37.1 Å². The topological polar surface area (TPSA) is 50.4 Å². The van der Waals surface area contributed by atoms with Gasteiger partial charge in [-0.25, -0.2) is 0 Å². The van der Waals surface area contributed by atoms with E-state index in [1.54, 1.807) is 0 Å². The molecule has 1 amide bonds. The van der Waals surface area contributed by atoms with Crippen LogP contribution in [0.5, 0.6) is 5.75 Å². The summed E-state index contributed by atoms with van der Waals surface area (Å²) in [5.74, 6) is 1.02. The van der Waals surface area contributed by atoms with Crippen LogP contribution in [0.4, 0.5) is 0 Å². The maximum absolute atomic E-state index is 12.1. The lowest BCUT2D eigenvalue weighted by Gasteiger charge is -2.27. The minimum Gasteiger partial charge on any atom is -0.493 e. The molecule has 2 heterocycles. The number of hydrogen-bond acceptors (Lipinski definition) is 3. The molecule has 0 aliphatic carbocycles. The van der Waals surface area contributed by atoms with Crippen molar-refractivity contribution >= 4 is 18.3 Å². The number of nitrogens with one attached hydrogen (secondary N) is 2. The maximum Gasteiger partial charge on any atom is 0.237 e. The highest BCUT2D eigenvalue weighted by molar-refractivity contribution is 5.85. The van der Waals surface area contributed by atoms with E-state index in [0.29, 0.717) is 6.61 Å². The molecule has 2 unspecified atom stereocenters. The quantitative estimate of drug-likeness (QED) is 0.870. The molecule has 0 aromatic heterocycles. The van der Waals surface area contributed by atoms with Crippen LogP contribution in [0.2, 0.25) is 0 Å². The number of halogens is 1. The molecule has 2 N–H and O–H groups in total. The molecule has 5 heteroatoms. The SMILES string of the molecule is Cl.O=C(NC1CCOc2ccccc21)C1CCCN1. The van der Waals surface area contributed by atoms with Crippen LogP contribution < -0.4 is 15.4 Å². The average Bonchev–Trinajstić information content (AvgIpc) is 2.93. The molecule has 2 aliphatic rings. The number of rotatable bonds is 2. The van der Waals surface area contributed by atoms with Crippen LogP contribution in [0.15, 0.2) is 24.3 Å². The smallest absolute Gasteiger partial charge is 0.237 e.